The summed E-state index contributed by atoms with van der Waals surface area (Å²) >= 11 is 9.81. The molecule has 0 aliphatic carbocycles. The van der Waals surface area contributed by atoms with Crippen molar-refractivity contribution in [3.63, 3.8) is 0 Å². The van der Waals surface area contributed by atoms with E-state index in [9.17, 15) is 8.78 Å². The zero-order valence-electron chi connectivity index (χ0n) is 23.8. The van der Waals surface area contributed by atoms with Gasteiger partial charge in [-0.15, -0.1) is 22.7 Å². The Balaban J connectivity index is 1.78. The highest BCUT2D eigenvalue weighted by Crippen LogP contribution is 2.42. The van der Waals surface area contributed by atoms with Crippen LogP contribution in [0.25, 0.3) is 32.2 Å². The van der Waals surface area contributed by atoms with Gasteiger partial charge in [0.2, 0.25) is 0 Å². The minimum Gasteiger partial charge on any atom is -0.242 e. The molecule has 0 radical (unpaired) electrons. The molecule has 2 unspecified atom stereocenters. The number of fused-ring (bicyclic) bond motifs is 1. The van der Waals surface area contributed by atoms with E-state index in [1.807, 2.05) is 0 Å². The summed E-state index contributed by atoms with van der Waals surface area (Å²) in [7, 11) is 0. The molecule has 0 saturated heterocycles. The fourth-order valence-corrected chi connectivity index (χ4v) is 7.99. The summed E-state index contributed by atoms with van der Waals surface area (Å²) < 4.78 is 29.4. The smallest absolute Gasteiger partial charge is 0.176 e. The molecule has 216 valence electrons. The van der Waals surface area contributed by atoms with Gasteiger partial charge in [-0.3, -0.25) is 0 Å². The van der Waals surface area contributed by atoms with Crippen LogP contribution in [0.2, 0.25) is 0 Å². The zero-order valence-corrected chi connectivity index (χ0v) is 28.6. The van der Waals surface area contributed by atoms with Crippen LogP contribution >= 0.6 is 54.5 Å². The fourth-order valence-electron chi connectivity index (χ4n) is 5.25. The van der Waals surface area contributed by atoms with Crippen LogP contribution in [0, 0.1) is 23.5 Å². The molecule has 0 saturated carbocycles. The van der Waals surface area contributed by atoms with Gasteiger partial charge in [-0.25, -0.2) is 18.7 Å². The van der Waals surface area contributed by atoms with Crippen LogP contribution in [-0.4, -0.2) is 9.97 Å². The predicted molar refractivity (Wildman–Crippen MR) is 175 cm³/mol. The van der Waals surface area contributed by atoms with Crippen molar-refractivity contribution in [2.75, 3.05) is 0 Å². The summed E-state index contributed by atoms with van der Waals surface area (Å²) in [6.07, 6.45) is 11.8. The maximum absolute atomic E-state index is 14.7. The number of benzene rings is 1. The first-order valence-corrected chi connectivity index (χ1v) is 17.8. The molecule has 2 nitrogen and oxygen atoms in total. The van der Waals surface area contributed by atoms with Crippen LogP contribution < -0.4 is 0 Å². The average molecular weight is 713 g/mol. The SMILES string of the molecule is CCCCC(CC)Cc1csc(-c2nc3c(Br)c(F)c(F)c(Br)c3nc2-c2cc(CC(CC)CCCC)cs2)c1. The third kappa shape index (κ3) is 7.22. The maximum Gasteiger partial charge on any atom is 0.176 e. The van der Waals surface area contributed by atoms with Crippen molar-refractivity contribution in [1.82, 2.24) is 9.97 Å². The molecule has 0 fully saturated rings. The highest BCUT2D eigenvalue weighted by atomic mass is 79.9. The highest BCUT2D eigenvalue weighted by Gasteiger charge is 2.24. The lowest BCUT2D eigenvalue weighted by atomic mass is 9.93. The Kier molecular flexibility index (Phi) is 11.7. The van der Waals surface area contributed by atoms with E-state index in [1.54, 1.807) is 22.7 Å². The van der Waals surface area contributed by atoms with Crippen LogP contribution in [0.3, 0.4) is 0 Å². The average Bonchev–Trinajstić information content (AvgIpc) is 3.64. The van der Waals surface area contributed by atoms with Crippen LogP contribution in [0.1, 0.15) is 90.2 Å². The molecule has 8 heteroatoms. The van der Waals surface area contributed by atoms with Crippen molar-refractivity contribution in [3.8, 4) is 21.1 Å². The zero-order chi connectivity index (χ0) is 28.8. The van der Waals surface area contributed by atoms with E-state index in [-0.39, 0.29) is 8.95 Å². The van der Waals surface area contributed by atoms with E-state index < -0.39 is 11.6 Å². The summed E-state index contributed by atoms with van der Waals surface area (Å²) in [6, 6.07) is 4.43. The summed E-state index contributed by atoms with van der Waals surface area (Å²) in [6.45, 7) is 9.01. The molecular formula is C32H38Br2F2N2S2. The van der Waals surface area contributed by atoms with Crippen LogP contribution in [-0.2, 0) is 12.8 Å². The third-order valence-electron chi connectivity index (χ3n) is 7.80. The molecular weight excluding hydrogens is 674 g/mol. The second kappa shape index (κ2) is 14.8. The van der Waals surface area contributed by atoms with Crippen LogP contribution in [0.5, 0.6) is 0 Å². The van der Waals surface area contributed by atoms with Gasteiger partial charge in [0.15, 0.2) is 11.6 Å². The molecule has 4 rings (SSSR count). The Morgan fingerprint density at radius 3 is 1.45 bits per heavy atom. The topological polar surface area (TPSA) is 25.8 Å². The van der Waals surface area contributed by atoms with Gasteiger partial charge in [0.05, 0.1) is 18.7 Å². The van der Waals surface area contributed by atoms with Gasteiger partial charge in [0.25, 0.3) is 0 Å². The van der Waals surface area contributed by atoms with E-state index >= 15 is 0 Å². The minimum atomic E-state index is -0.961. The predicted octanol–water partition coefficient (Wildman–Crippen LogP) is 12.4. The number of unbranched alkanes of at least 4 members (excludes halogenated alkanes) is 2. The first-order valence-electron chi connectivity index (χ1n) is 14.5. The monoisotopic (exact) mass is 710 g/mol. The van der Waals surface area contributed by atoms with Crippen molar-refractivity contribution in [3.05, 3.63) is 54.6 Å². The largest absolute Gasteiger partial charge is 0.242 e. The normalized spacial score (nSPS) is 13.3. The van der Waals surface area contributed by atoms with E-state index in [1.165, 1.54) is 49.7 Å². The van der Waals surface area contributed by atoms with E-state index in [0.717, 1.165) is 46.8 Å². The summed E-state index contributed by atoms with van der Waals surface area (Å²) in [4.78, 5) is 11.9. The Morgan fingerprint density at radius 2 is 1.10 bits per heavy atom. The Morgan fingerprint density at radius 1 is 0.700 bits per heavy atom. The molecule has 0 spiro atoms. The molecule has 4 aromatic rings. The minimum absolute atomic E-state index is 0.000488. The quantitative estimate of drug-likeness (QED) is 0.0961. The molecule has 3 heterocycles. The van der Waals surface area contributed by atoms with Gasteiger partial charge in [0, 0.05) is 0 Å². The van der Waals surface area contributed by atoms with Gasteiger partial charge >= 0.3 is 0 Å². The fraction of sp³-hybridized carbons (Fsp3) is 0.500. The maximum atomic E-state index is 14.7. The number of hydrogen-bond acceptors (Lipinski definition) is 4. The Bertz CT molecular complexity index is 1330. The summed E-state index contributed by atoms with van der Waals surface area (Å²) in [5.74, 6) is -0.606. The molecule has 40 heavy (non-hydrogen) atoms. The molecule has 0 bridgehead atoms. The molecule has 0 aliphatic rings. The summed E-state index contributed by atoms with van der Waals surface area (Å²) in [5.41, 5.74) is 4.67. The second-order valence-corrected chi connectivity index (χ2v) is 14.2. The van der Waals surface area contributed by atoms with Crippen molar-refractivity contribution in [1.29, 1.82) is 0 Å². The first kappa shape index (κ1) is 31.7. The number of aromatic nitrogens is 2. The van der Waals surface area contributed by atoms with Gasteiger partial charge in [-0.2, -0.15) is 0 Å². The van der Waals surface area contributed by atoms with Gasteiger partial charge < -0.3 is 0 Å². The lowest BCUT2D eigenvalue weighted by Gasteiger charge is -2.13. The van der Waals surface area contributed by atoms with Crippen molar-refractivity contribution in [2.45, 2.75) is 91.9 Å². The van der Waals surface area contributed by atoms with Crippen molar-refractivity contribution < 1.29 is 8.78 Å². The molecule has 0 amide bonds. The lowest BCUT2D eigenvalue weighted by Crippen LogP contribution is -2.02. The van der Waals surface area contributed by atoms with E-state index in [2.05, 4.69) is 82.4 Å². The van der Waals surface area contributed by atoms with E-state index in [0.29, 0.717) is 22.9 Å². The van der Waals surface area contributed by atoms with Crippen LogP contribution in [0.4, 0.5) is 8.78 Å². The van der Waals surface area contributed by atoms with Gasteiger partial charge in [-0.05, 0) is 90.6 Å². The van der Waals surface area contributed by atoms with Gasteiger partial charge in [-0.1, -0.05) is 79.1 Å². The number of rotatable bonds is 14. The number of nitrogens with zero attached hydrogens (tertiary/aromatic N) is 2. The number of thiophene rings is 2. The lowest BCUT2D eigenvalue weighted by molar-refractivity contribution is 0.449. The second-order valence-electron chi connectivity index (χ2n) is 10.8. The Labute approximate surface area is 262 Å². The molecule has 3 aromatic heterocycles. The Hall–Kier alpha value is -1.22. The van der Waals surface area contributed by atoms with Crippen LogP contribution in [0.15, 0.2) is 31.8 Å². The third-order valence-corrected chi connectivity index (χ3v) is 11.2. The van der Waals surface area contributed by atoms with E-state index in [4.69, 9.17) is 9.97 Å². The molecule has 2 atom stereocenters. The van der Waals surface area contributed by atoms with Gasteiger partial charge in [0.1, 0.15) is 22.4 Å². The highest BCUT2D eigenvalue weighted by molar-refractivity contribution is 9.11. The first-order chi connectivity index (χ1) is 19.3. The molecule has 0 N–H and O–H groups in total. The molecule has 0 aliphatic heterocycles. The number of halogens is 4. The van der Waals surface area contributed by atoms with Crippen molar-refractivity contribution in [2.24, 2.45) is 11.8 Å². The summed E-state index contributed by atoms with van der Waals surface area (Å²) in [5, 5.41) is 4.43. The number of hydrogen-bond donors (Lipinski definition) is 0. The standard InChI is InChI=1S/C32H38Br2F2N2S2/c1-5-9-11-19(7-3)13-21-15-23(39-17-21)29-30(24-16-22(18-40-24)14-20(8-4)12-10-6-2)38-32-26(34)28(36)27(35)25(33)31(32)37-29/h15-20H,5-14H2,1-4H3. The van der Waals surface area contributed by atoms with Crippen molar-refractivity contribution >= 4 is 65.6 Å². The molecule has 1 aromatic carbocycles.